The van der Waals surface area contributed by atoms with Crippen molar-refractivity contribution in [3.05, 3.63) is 0 Å². The Balaban J connectivity index is 2.20. The maximum atomic E-state index is 11.3. The summed E-state index contributed by atoms with van der Waals surface area (Å²) in [4.78, 5) is 11.3. The SMILES string of the molecule is O=C(NCCCl)C1CCCOC1. The van der Waals surface area contributed by atoms with Crippen LogP contribution < -0.4 is 5.32 Å². The molecule has 0 saturated carbocycles. The van der Waals surface area contributed by atoms with Crippen LogP contribution in [0.25, 0.3) is 0 Å². The van der Waals surface area contributed by atoms with Gasteiger partial charge < -0.3 is 10.1 Å². The summed E-state index contributed by atoms with van der Waals surface area (Å²) < 4.78 is 5.19. The Hall–Kier alpha value is -0.280. The van der Waals surface area contributed by atoms with E-state index in [0.717, 1.165) is 19.4 Å². The number of hydrogen-bond acceptors (Lipinski definition) is 2. The molecule has 1 unspecified atom stereocenters. The Labute approximate surface area is 77.4 Å². The fourth-order valence-corrected chi connectivity index (χ4v) is 1.36. The van der Waals surface area contributed by atoms with Crippen molar-refractivity contribution in [1.29, 1.82) is 0 Å². The van der Waals surface area contributed by atoms with E-state index >= 15 is 0 Å². The smallest absolute Gasteiger partial charge is 0.225 e. The minimum atomic E-state index is 0.0435. The molecule has 0 aliphatic carbocycles. The van der Waals surface area contributed by atoms with Crippen LogP contribution in [0.1, 0.15) is 12.8 Å². The Morgan fingerprint density at radius 2 is 2.50 bits per heavy atom. The second kappa shape index (κ2) is 5.38. The van der Waals surface area contributed by atoms with Gasteiger partial charge in [0.05, 0.1) is 12.5 Å². The molecule has 0 spiro atoms. The van der Waals surface area contributed by atoms with Crippen molar-refractivity contribution in [3.8, 4) is 0 Å². The third-order valence-corrected chi connectivity index (χ3v) is 2.11. The molecular weight excluding hydrogens is 178 g/mol. The van der Waals surface area contributed by atoms with E-state index in [1.807, 2.05) is 0 Å². The van der Waals surface area contributed by atoms with E-state index in [2.05, 4.69) is 5.32 Å². The monoisotopic (exact) mass is 191 g/mol. The third kappa shape index (κ3) is 2.99. The molecule has 1 saturated heterocycles. The molecule has 3 nitrogen and oxygen atoms in total. The van der Waals surface area contributed by atoms with Gasteiger partial charge in [0.15, 0.2) is 0 Å². The lowest BCUT2D eigenvalue weighted by atomic mass is 10.0. The van der Waals surface area contributed by atoms with Gasteiger partial charge in [-0.15, -0.1) is 11.6 Å². The van der Waals surface area contributed by atoms with Gasteiger partial charge in [0.1, 0.15) is 0 Å². The topological polar surface area (TPSA) is 38.3 Å². The van der Waals surface area contributed by atoms with Crippen LogP contribution in [0.3, 0.4) is 0 Å². The lowest BCUT2D eigenvalue weighted by Gasteiger charge is -2.20. The van der Waals surface area contributed by atoms with E-state index in [0.29, 0.717) is 19.0 Å². The van der Waals surface area contributed by atoms with E-state index in [1.54, 1.807) is 0 Å². The van der Waals surface area contributed by atoms with E-state index < -0.39 is 0 Å². The third-order valence-electron chi connectivity index (χ3n) is 1.92. The molecule has 70 valence electrons. The van der Waals surface area contributed by atoms with Crippen LogP contribution in [0.4, 0.5) is 0 Å². The molecule has 1 N–H and O–H groups in total. The first kappa shape index (κ1) is 9.81. The molecule has 1 aliphatic heterocycles. The number of ether oxygens (including phenoxy) is 1. The van der Waals surface area contributed by atoms with Crippen LogP contribution in [-0.2, 0) is 9.53 Å². The zero-order valence-electron chi connectivity index (χ0n) is 7.01. The van der Waals surface area contributed by atoms with Crippen LogP contribution in [0.5, 0.6) is 0 Å². The first-order valence-electron chi connectivity index (χ1n) is 4.26. The van der Waals surface area contributed by atoms with Gasteiger partial charge in [-0.05, 0) is 12.8 Å². The normalized spacial score (nSPS) is 23.6. The van der Waals surface area contributed by atoms with Gasteiger partial charge >= 0.3 is 0 Å². The standard InChI is InChI=1S/C8H14ClNO2/c9-3-4-10-8(11)7-2-1-5-12-6-7/h7H,1-6H2,(H,10,11). The Kier molecular flexibility index (Phi) is 4.40. The van der Waals surface area contributed by atoms with Crippen LogP contribution in [0.2, 0.25) is 0 Å². The fourth-order valence-electron chi connectivity index (χ4n) is 1.26. The summed E-state index contributed by atoms with van der Waals surface area (Å²) in [5, 5.41) is 2.75. The molecule has 0 aromatic carbocycles. The molecule has 1 aliphatic rings. The van der Waals surface area contributed by atoms with Crippen molar-refractivity contribution in [2.75, 3.05) is 25.6 Å². The van der Waals surface area contributed by atoms with Gasteiger partial charge in [-0.1, -0.05) is 0 Å². The van der Waals surface area contributed by atoms with Gasteiger partial charge in [-0.2, -0.15) is 0 Å². The van der Waals surface area contributed by atoms with Gasteiger partial charge in [0.2, 0.25) is 5.91 Å². The van der Waals surface area contributed by atoms with E-state index in [4.69, 9.17) is 16.3 Å². The highest BCUT2D eigenvalue weighted by Crippen LogP contribution is 2.12. The molecule has 1 heterocycles. The fraction of sp³-hybridized carbons (Fsp3) is 0.875. The minimum Gasteiger partial charge on any atom is -0.381 e. The summed E-state index contributed by atoms with van der Waals surface area (Å²) in [7, 11) is 0. The van der Waals surface area contributed by atoms with Gasteiger partial charge in [-0.3, -0.25) is 4.79 Å². The number of carbonyl (C=O) groups excluding carboxylic acids is 1. The Morgan fingerprint density at radius 3 is 3.08 bits per heavy atom. The van der Waals surface area contributed by atoms with Crippen LogP contribution in [0.15, 0.2) is 0 Å². The summed E-state index contributed by atoms with van der Waals surface area (Å²) >= 11 is 5.44. The van der Waals surface area contributed by atoms with Gasteiger partial charge in [0.25, 0.3) is 0 Å². The van der Waals surface area contributed by atoms with Crippen molar-refractivity contribution in [2.45, 2.75) is 12.8 Å². The molecule has 0 aromatic heterocycles. The van der Waals surface area contributed by atoms with Gasteiger partial charge in [-0.25, -0.2) is 0 Å². The van der Waals surface area contributed by atoms with Crippen molar-refractivity contribution in [1.82, 2.24) is 5.32 Å². The van der Waals surface area contributed by atoms with Crippen LogP contribution >= 0.6 is 11.6 Å². The summed E-state index contributed by atoms with van der Waals surface area (Å²) in [6.07, 6.45) is 1.92. The molecular formula is C8H14ClNO2. The predicted molar refractivity (Wildman–Crippen MR) is 47.3 cm³/mol. The number of halogens is 1. The van der Waals surface area contributed by atoms with E-state index in [1.165, 1.54) is 0 Å². The molecule has 1 atom stereocenters. The lowest BCUT2D eigenvalue weighted by molar-refractivity contribution is -0.128. The van der Waals surface area contributed by atoms with Crippen molar-refractivity contribution in [3.63, 3.8) is 0 Å². The average molecular weight is 192 g/mol. The maximum absolute atomic E-state index is 11.3. The van der Waals surface area contributed by atoms with Crippen LogP contribution in [-0.4, -0.2) is 31.5 Å². The van der Waals surface area contributed by atoms with Crippen molar-refractivity contribution in [2.24, 2.45) is 5.92 Å². The zero-order chi connectivity index (χ0) is 8.81. The summed E-state index contributed by atoms with van der Waals surface area (Å²) in [6.45, 7) is 1.91. The van der Waals surface area contributed by atoms with Gasteiger partial charge in [0, 0.05) is 19.0 Å². The number of hydrogen-bond donors (Lipinski definition) is 1. The number of nitrogens with one attached hydrogen (secondary N) is 1. The van der Waals surface area contributed by atoms with E-state index in [-0.39, 0.29) is 11.8 Å². The Bertz CT molecular complexity index is 146. The highest BCUT2D eigenvalue weighted by Gasteiger charge is 2.20. The summed E-state index contributed by atoms with van der Waals surface area (Å²) in [5.41, 5.74) is 0. The number of carbonyl (C=O) groups is 1. The number of alkyl halides is 1. The summed E-state index contributed by atoms with van der Waals surface area (Å²) in [6, 6.07) is 0. The van der Waals surface area contributed by atoms with Crippen molar-refractivity contribution >= 4 is 17.5 Å². The molecule has 12 heavy (non-hydrogen) atoms. The molecule has 0 radical (unpaired) electrons. The van der Waals surface area contributed by atoms with Crippen LogP contribution in [0, 0.1) is 5.92 Å². The zero-order valence-corrected chi connectivity index (χ0v) is 7.77. The Morgan fingerprint density at radius 1 is 1.67 bits per heavy atom. The molecule has 4 heteroatoms. The highest BCUT2D eigenvalue weighted by molar-refractivity contribution is 6.18. The largest absolute Gasteiger partial charge is 0.381 e. The molecule has 1 amide bonds. The number of rotatable bonds is 3. The molecule has 0 bridgehead atoms. The molecule has 1 fully saturated rings. The van der Waals surface area contributed by atoms with Crippen molar-refractivity contribution < 1.29 is 9.53 Å². The number of amides is 1. The summed E-state index contributed by atoms with van der Waals surface area (Å²) in [5.74, 6) is 0.594. The second-order valence-corrected chi connectivity index (χ2v) is 3.27. The maximum Gasteiger partial charge on any atom is 0.225 e. The predicted octanol–water partition coefficient (Wildman–Crippen LogP) is 0.768. The quantitative estimate of drug-likeness (QED) is 0.670. The average Bonchev–Trinajstić information content (AvgIpc) is 2.15. The van der Waals surface area contributed by atoms with E-state index in [9.17, 15) is 4.79 Å². The molecule has 0 aromatic rings. The first-order chi connectivity index (χ1) is 5.84. The molecule has 1 rings (SSSR count). The lowest BCUT2D eigenvalue weighted by Crippen LogP contribution is -2.36. The highest BCUT2D eigenvalue weighted by atomic mass is 35.5. The minimum absolute atomic E-state index is 0.0435. The second-order valence-electron chi connectivity index (χ2n) is 2.89. The first-order valence-corrected chi connectivity index (χ1v) is 4.79.